The number of hydrogen-bond acceptors (Lipinski definition) is 4. The van der Waals surface area contributed by atoms with Crippen molar-refractivity contribution in [2.45, 2.75) is 31.7 Å². The quantitative estimate of drug-likeness (QED) is 0.648. The molecule has 1 fully saturated rings. The lowest BCUT2D eigenvalue weighted by Gasteiger charge is -2.07. The summed E-state index contributed by atoms with van der Waals surface area (Å²) in [5, 5.41) is 5.64. The monoisotopic (exact) mass is 262 g/mol. The highest BCUT2D eigenvalue weighted by atomic mass is 16.2. The first-order valence-electron chi connectivity index (χ1n) is 6.44. The average molecular weight is 262 g/mol. The number of nitrogen functional groups attached to an aromatic ring is 1. The van der Waals surface area contributed by atoms with Gasteiger partial charge in [-0.05, 0) is 25.3 Å². The van der Waals surface area contributed by atoms with E-state index in [9.17, 15) is 9.59 Å². The van der Waals surface area contributed by atoms with Crippen molar-refractivity contribution < 1.29 is 9.59 Å². The summed E-state index contributed by atoms with van der Waals surface area (Å²) in [6.45, 7) is 0.457. The van der Waals surface area contributed by atoms with Crippen LogP contribution in [-0.2, 0) is 4.79 Å². The molecule has 6 heteroatoms. The number of hydrogen-bond donors (Lipinski definition) is 3. The van der Waals surface area contributed by atoms with E-state index in [1.807, 2.05) is 0 Å². The fourth-order valence-electron chi connectivity index (χ4n) is 1.69. The van der Waals surface area contributed by atoms with E-state index in [0.717, 1.165) is 12.8 Å². The standard InChI is InChI=1S/C13H18N4O2/c14-11-8-15-7-5-10(11)13(19)16-6-1-2-12(18)17-9-3-4-9/h5,7-9H,1-4,6,14H2,(H,16,19)(H,17,18). The van der Waals surface area contributed by atoms with E-state index < -0.39 is 0 Å². The van der Waals surface area contributed by atoms with Gasteiger partial charge in [-0.2, -0.15) is 0 Å². The molecule has 2 amide bonds. The van der Waals surface area contributed by atoms with Gasteiger partial charge in [-0.3, -0.25) is 14.6 Å². The van der Waals surface area contributed by atoms with Crippen molar-refractivity contribution >= 4 is 17.5 Å². The first kappa shape index (κ1) is 13.3. The van der Waals surface area contributed by atoms with E-state index in [1.54, 1.807) is 6.07 Å². The molecular weight excluding hydrogens is 244 g/mol. The molecule has 1 aromatic rings. The number of pyridine rings is 1. The van der Waals surface area contributed by atoms with Gasteiger partial charge in [0.25, 0.3) is 5.91 Å². The zero-order valence-corrected chi connectivity index (χ0v) is 10.7. The minimum atomic E-state index is -0.234. The Morgan fingerprint density at radius 1 is 1.42 bits per heavy atom. The Bertz CT molecular complexity index is 471. The summed E-state index contributed by atoms with van der Waals surface area (Å²) in [5.41, 5.74) is 6.42. The molecule has 0 unspecified atom stereocenters. The molecule has 2 rings (SSSR count). The maximum absolute atomic E-state index is 11.8. The Morgan fingerprint density at radius 3 is 2.89 bits per heavy atom. The Morgan fingerprint density at radius 2 is 2.21 bits per heavy atom. The third-order valence-corrected chi connectivity index (χ3v) is 2.91. The van der Waals surface area contributed by atoms with Crippen molar-refractivity contribution in [3.63, 3.8) is 0 Å². The molecule has 0 saturated heterocycles. The van der Waals surface area contributed by atoms with Crippen LogP contribution in [0.2, 0.25) is 0 Å². The number of nitrogens with one attached hydrogen (secondary N) is 2. The van der Waals surface area contributed by atoms with Crippen LogP contribution in [0, 0.1) is 0 Å². The summed E-state index contributed by atoms with van der Waals surface area (Å²) in [4.78, 5) is 27.0. The average Bonchev–Trinajstić information content (AvgIpc) is 3.19. The fourth-order valence-corrected chi connectivity index (χ4v) is 1.69. The van der Waals surface area contributed by atoms with Gasteiger partial charge in [0.2, 0.25) is 5.91 Å². The van der Waals surface area contributed by atoms with Crippen LogP contribution < -0.4 is 16.4 Å². The molecule has 1 aliphatic rings. The van der Waals surface area contributed by atoms with Gasteiger partial charge in [0.15, 0.2) is 0 Å². The minimum absolute atomic E-state index is 0.0557. The predicted octanol–water partition coefficient (Wildman–Crippen LogP) is 0.452. The highest BCUT2D eigenvalue weighted by Gasteiger charge is 2.22. The van der Waals surface area contributed by atoms with Gasteiger partial charge in [0.1, 0.15) is 0 Å². The van der Waals surface area contributed by atoms with E-state index in [4.69, 9.17) is 5.73 Å². The Labute approximate surface area is 111 Å². The summed E-state index contributed by atoms with van der Waals surface area (Å²) in [5.74, 6) is -0.178. The Balaban J connectivity index is 1.66. The molecule has 0 radical (unpaired) electrons. The molecule has 19 heavy (non-hydrogen) atoms. The first-order chi connectivity index (χ1) is 9.16. The van der Waals surface area contributed by atoms with Gasteiger partial charge < -0.3 is 16.4 Å². The number of carbonyl (C=O) groups excluding carboxylic acids is 2. The van der Waals surface area contributed by atoms with E-state index in [0.29, 0.717) is 36.7 Å². The van der Waals surface area contributed by atoms with Gasteiger partial charge in [-0.25, -0.2) is 0 Å². The third-order valence-electron chi connectivity index (χ3n) is 2.91. The lowest BCUT2D eigenvalue weighted by molar-refractivity contribution is -0.121. The highest BCUT2D eigenvalue weighted by Crippen LogP contribution is 2.18. The maximum Gasteiger partial charge on any atom is 0.253 e. The third kappa shape index (κ3) is 4.24. The number of anilines is 1. The Kier molecular flexibility index (Phi) is 4.33. The topological polar surface area (TPSA) is 97.1 Å². The van der Waals surface area contributed by atoms with Crippen LogP contribution >= 0.6 is 0 Å². The molecule has 1 aromatic heterocycles. The smallest absolute Gasteiger partial charge is 0.253 e. The van der Waals surface area contributed by atoms with E-state index >= 15 is 0 Å². The predicted molar refractivity (Wildman–Crippen MR) is 71.4 cm³/mol. The summed E-state index contributed by atoms with van der Waals surface area (Å²) < 4.78 is 0. The molecule has 6 nitrogen and oxygen atoms in total. The maximum atomic E-state index is 11.8. The summed E-state index contributed by atoms with van der Waals surface area (Å²) in [6, 6.07) is 1.96. The van der Waals surface area contributed by atoms with Crippen molar-refractivity contribution in [2.24, 2.45) is 0 Å². The van der Waals surface area contributed by atoms with Crippen LogP contribution in [0.1, 0.15) is 36.0 Å². The van der Waals surface area contributed by atoms with Gasteiger partial charge in [0, 0.05) is 25.2 Å². The molecule has 0 spiro atoms. The van der Waals surface area contributed by atoms with E-state index in [1.165, 1.54) is 12.4 Å². The summed E-state index contributed by atoms with van der Waals surface area (Å²) in [6.07, 6.45) is 6.19. The van der Waals surface area contributed by atoms with Crippen LogP contribution in [0.3, 0.4) is 0 Å². The van der Waals surface area contributed by atoms with Crippen molar-refractivity contribution in [3.05, 3.63) is 24.0 Å². The van der Waals surface area contributed by atoms with Crippen LogP contribution in [0.15, 0.2) is 18.5 Å². The van der Waals surface area contributed by atoms with Crippen molar-refractivity contribution in [2.75, 3.05) is 12.3 Å². The molecule has 1 saturated carbocycles. The van der Waals surface area contributed by atoms with E-state index in [2.05, 4.69) is 15.6 Å². The zero-order valence-electron chi connectivity index (χ0n) is 10.7. The summed E-state index contributed by atoms with van der Waals surface area (Å²) in [7, 11) is 0. The van der Waals surface area contributed by atoms with Crippen LogP contribution in [-0.4, -0.2) is 29.4 Å². The SMILES string of the molecule is Nc1cnccc1C(=O)NCCCC(=O)NC1CC1. The normalized spacial score (nSPS) is 13.9. The number of nitrogens with zero attached hydrogens (tertiary/aromatic N) is 1. The second-order valence-electron chi connectivity index (χ2n) is 4.66. The van der Waals surface area contributed by atoms with E-state index in [-0.39, 0.29) is 11.8 Å². The van der Waals surface area contributed by atoms with Gasteiger partial charge >= 0.3 is 0 Å². The molecule has 0 aliphatic heterocycles. The zero-order chi connectivity index (χ0) is 13.7. The number of carbonyl (C=O) groups is 2. The molecule has 0 aromatic carbocycles. The number of aromatic nitrogens is 1. The van der Waals surface area contributed by atoms with Crippen molar-refractivity contribution in [1.29, 1.82) is 0 Å². The molecule has 102 valence electrons. The van der Waals surface area contributed by atoms with Gasteiger partial charge in [-0.15, -0.1) is 0 Å². The fraction of sp³-hybridized carbons (Fsp3) is 0.462. The van der Waals surface area contributed by atoms with Gasteiger partial charge in [-0.1, -0.05) is 0 Å². The summed E-state index contributed by atoms with van der Waals surface area (Å²) >= 11 is 0. The molecule has 4 N–H and O–H groups in total. The number of rotatable bonds is 6. The largest absolute Gasteiger partial charge is 0.397 e. The van der Waals surface area contributed by atoms with Crippen molar-refractivity contribution in [1.82, 2.24) is 15.6 Å². The minimum Gasteiger partial charge on any atom is -0.397 e. The number of amides is 2. The van der Waals surface area contributed by atoms with Crippen LogP contribution in [0.25, 0.3) is 0 Å². The molecular formula is C13H18N4O2. The Hall–Kier alpha value is -2.11. The second-order valence-corrected chi connectivity index (χ2v) is 4.66. The van der Waals surface area contributed by atoms with Gasteiger partial charge in [0.05, 0.1) is 17.4 Å². The first-order valence-corrected chi connectivity index (χ1v) is 6.44. The molecule has 1 heterocycles. The van der Waals surface area contributed by atoms with Crippen LogP contribution in [0.5, 0.6) is 0 Å². The lowest BCUT2D eigenvalue weighted by Crippen LogP contribution is -2.28. The molecule has 0 atom stereocenters. The van der Waals surface area contributed by atoms with Crippen molar-refractivity contribution in [3.8, 4) is 0 Å². The second kappa shape index (κ2) is 6.17. The highest BCUT2D eigenvalue weighted by molar-refractivity contribution is 5.98. The lowest BCUT2D eigenvalue weighted by atomic mass is 10.2. The molecule has 1 aliphatic carbocycles. The number of nitrogens with two attached hydrogens (primary N) is 1. The van der Waals surface area contributed by atoms with Crippen LogP contribution in [0.4, 0.5) is 5.69 Å². The molecule has 0 bridgehead atoms.